The summed E-state index contributed by atoms with van der Waals surface area (Å²) in [5, 5.41) is 13.4. The smallest absolute Gasteiger partial charge is 0.332 e. The summed E-state index contributed by atoms with van der Waals surface area (Å²) in [5.74, 6) is 0.269. The van der Waals surface area contributed by atoms with Gasteiger partial charge in [-0.25, -0.2) is 4.79 Å². The Hall–Kier alpha value is -2.95. The van der Waals surface area contributed by atoms with E-state index < -0.39 is 12.1 Å². The lowest BCUT2D eigenvalue weighted by atomic mass is 10.0. The number of hydrogen-bond acceptors (Lipinski definition) is 5. The first-order chi connectivity index (χ1) is 11.1. The maximum Gasteiger partial charge on any atom is 0.332 e. The maximum absolute atomic E-state index is 11.7. The zero-order chi connectivity index (χ0) is 16.4. The van der Waals surface area contributed by atoms with Crippen molar-refractivity contribution >= 4 is 11.7 Å². The van der Waals surface area contributed by atoms with Crippen LogP contribution in [0, 0.1) is 6.92 Å². The summed E-state index contributed by atoms with van der Waals surface area (Å²) in [5.41, 5.74) is 2.84. The molecule has 5 heteroatoms. The van der Waals surface area contributed by atoms with E-state index in [1.54, 1.807) is 6.07 Å². The van der Waals surface area contributed by atoms with Gasteiger partial charge in [0.2, 0.25) is 0 Å². The number of hydrogen-bond donors (Lipinski definition) is 2. The number of carbonyl (C=O) groups is 1. The van der Waals surface area contributed by atoms with Gasteiger partial charge in [0.15, 0.2) is 6.10 Å². The average Bonchev–Trinajstić information content (AvgIpc) is 2.56. The second-order valence-corrected chi connectivity index (χ2v) is 5.30. The SMILES string of the molecule is COC(=O)/C=C1\Nc2ccccc2OC1c1cc(C)ccc1O. The standard InChI is InChI=1S/C18H17NO4/c1-11-7-8-15(20)12(9-11)18-14(10-17(21)22-2)19-13-5-3-4-6-16(13)23-18/h3-10,18-20H,1-2H3/b14-10-. The number of aromatic hydroxyl groups is 1. The molecule has 0 bridgehead atoms. The van der Waals surface area contributed by atoms with E-state index in [1.165, 1.54) is 13.2 Å². The molecule has 2 N–H and O–H groups in total. The van der Waals surface area contributed by atoms with Crippen molar-refractivity contribution in [2.45, 2.75) is 13.0 Å². The second kappa shape index (κ2) is 6.04. The molecule has 0 aliphatic carbocycles. The van der Waals surface area contributed by atoms with Crippen molar-refractivity contribution in [3.63, 3.8) is 0 Å². The Labute approximate surface area is 134 Å². The van der Waals surface area contributed by atoms with Crippen molar-refractivity contribution in [3.05, 3.63) is 65.4 Å². The predicted octanol–water partition coefficient (Wildman–Crippen LogP) is 3.30. The molecule has 1 unspecified atom stereocenters. The summed E-state index contributed by atoms with van der Waals surface area (Å²) in [6.07, 6.45) is 0.714. The number of methoxy groups -OCH3 is 1. The maximum atomic E-state index is 11.7. The molecule has 2 aromatic carbocycles. The van der Waals surface area contributed by atoms with E-state index in [-0.39, 0.29) is 5.75 Å². The van der Waals surface area contributed by atoms with Gasteiger partial charge in [-0.05, 0) is 31.2 Å². The van der Waals surface area contributed by atoms with E-state index in [1.807, 2.05) is 43.3 Å². The highest BCUT2D eigenvalue weighted by Crippen LogP contribution is 2.41. The molecule has 0 spiro atoms. The highest BCUT2D eigenvalue weighted by molar-refractivity contribution is 5.84. The van der Waals surface area contributed by atoms with Gasteiger partial charge in [-0.3, -0.25) is 0 Å². The first-order valence-corrected chi connectivity index (χ1v) is 7.20. The number of carbonyl (C=O) groups excluding carboxylic acids is 1. The number of para-hydroxylation sites is 2. The minimum absolute atomic E-state index is 0.109. The minimum Gasteiger partial charge on any atom is -0.508 e. The molecule has 0 amide bonds. The Morgan fingerprint density at radius 3 is 2.87 bits per heavy atom. The van der Waals surface area contributed by atoms with Crippen molar-refractivity contribution in [2.75, 3.05) is 12.4 Å². The Morgan fingerprint density at radius 1 is 1.30 bits per heavy atom. The quantitative estimate of drug-likeness (QED) is 0.658. The zero-order valence-corrected chi connectivity index (χ0v) is 12.9. The molecule has 118 valence electrons. The van der Waals surface area contributed by atoms with Crippen LogP contribution in [0.2, 0.25) is 0 Å². The first kappa shape index (κ1) is 15.0. The van der Waals surface area contributed by atoms with Crippen LogP contribution in [0.15, 0.2) is 54.2 Å². The zero-order valence-electron chi connectivity index (χ0n) is 12.9. The molecule has 3 rings (SSSR count). The van der Waals surface area contributed by atoms with E-state index in [0.29, 0.717) is 17.0 Å². The van der Waals surface area contributed by atoms with E-state index >= 15 is 0 Å². The van der Waals surface area contributed by atoms with Crippen molar-refractivity contribution in [1.29, 1.82) is 0 Å². The summed E-state index contributed by atoms with van der Waals surface area (Å²) < 4.78 is 10.7. The number of esters is 1. The molecule has 1 aliphatic heterocycles. The molecule has 2 aromatic rings. The number of benzene rings is 2. The van der Waals surface area contributed by atoms with Crippen LogP contribution in [0.4, 0.5) is 5.69 Å². The van der Waals surface area contributed by atoms with Crippen molar-refractivity contribution < 1.29 is 19.4 Å². The summed E-state index contributed by atoms with van der Waals surface area (Å²) >= 11 is 0. The monoisotopic (exact) mass is 311 g/mol. The number of aryl methyl sites for hydroxylation is 1. The number of nitrogens with one attached hydrogen (secondary N) is 1. The van der Waals surface area contributed by atoms with Gasteiger partial charge >= 0.3 is 5.97 Å². The molecular weight excluding hydrogens is 294 g/mol. The summed E-state index contributed by atoms with van der Waals surface area (Å²) in [4.78, 5) is 11.7. The molecule has 0 saturated heterocycles. The Balaban J connectivity index is 2.09. The average molecular weight is 311 g/mol. The fourth-order valence-electron chi connectivity index (χ4n) is 2.50. The number of ether oxygens (including phenoxy) is 2. The van der Waals surface area contributed by atoms with Gasteiger partial charge < -0.3 is 19.9 Å². The highest BCUT2D eigenvalue weighted by atomic mass is 16.5. The predicted molar refractivity (Wildman–Crippen MR) is 86.4 cm³/mol. The Kier molecular flexibility index (Phi) is 3.93. The highest BCUT2D eigenvalue weighted by Gasteiger charge is 2.28. The molecule has 0 saturated carbocycles. The van der Waals surface area contributed by atoms with Gasteiger partial charge in [-0.15, -0.1) is 0 Å². The van der Waals surface area contributed by atoms with Gasteiger partial charge in [0.1, 0.15) is 11.5 Å². The number of phenols is 1. The lowest BCUT2D eigenvalue weighted by molar-refractivity contribution is -0.134. The first-order valence-electron chi connectivity index (χ1n) is 7.20. The van der Waals surface area contributed by atoms with Crippen LogP contribution in [-0.2, 0) is 9.53 Å². The molecule has 0 fully saturated rings. The summed E-state index contributed by atoms with van der Waals surface area (Å²) in [6.45, 7) is 1.93. The molecular formula is C18H17NO4. The number of phenolic OH excluding ortho intramolecular Hbond substituents is 1. The lowest BCUT2D eigenvalue weighted by Crippen LogP contribution is -2.23. The molecule has 0 radical (unpaired) electrons. The van der Waals surface area contributed by atoms with Crippen LogP contribution in [0.1, 0.15) is 17.2 Å². The summed E-state index contributed by atoms with van der Waals surface area (Å²) in [7, 11) is 1.32. The number of fused-ring (bicyclic) bond motifs is 1. The third-order valence-corrected chi connectivity index (χ3v) is 3.63. The molecule has 1 heterocycles. The Bertz CT molecular complexity index is 782. The van der Waals surface area contributed by atoms with Gasteiger partial charge in [0.05, 0.1) is 18.5 Å². The van der Waals surface area contributed by atoms with Crippen LogP contribution in [0.25, 0.3) is 0 Å². The third kappa shape index (κ3) is 2.99. The fraction of sp³-hybridized carbons (Fsp3) is 0.167. The molecule has 0 aromatic heterocycles. The molecule has 1 atom stereocenters. The molecule has 23 heavy (non-hydrogen) atoms. The van der Waals surface area contributed by atoms with Crippen LogP contribution >= 0.6 is 0 Å². The number of anilines is 1. The van der Waals surface area contributed by atoms with Crippen LogP contribution in [0.3, 0.4) is 0 Å². The van der Waals surface area contributed by atoms with Gasteiger partial charge in [0, 0.05) is 11.6 Å². The second-order valence-electron chi connectivity index (χ2n) is 5.30. The molecule has 5 nitrogen and oxygen atoms in total. The molecule has 1 aliphatic rings. The largest absolute Gasteiger partial charge is 0.508 e. The normalized spacial score (nSPS) is 17.8. The van der Waals surface area contributed by atoms with Crippen molar-refractivity contribution in [3.8, 4) is 11.5 Å². The van der Waals surface area contributed by atoms with E-state index in [2.05, 4.69) is 5.32 Å². The van der Waals surface area contributed by atoms with E-state index in [9.17, 15) is 9.90 Å². The van der Waals surface area contributed by atoms with E-state index in [4.69, 9.17) is 9.47 Å². The lowest BCUT2D eigenvalue weighted by Gasteiger charge is -2.30. The third-order valence-electron chi connectivity index (χ3n) is 3.63. The minimum atomic E-state index is -0.621. The van der Waals surface area contributed by atoms with Crippen LogP contribution < -0.4 is 10.1 Å². The summed E-state index contributed by atoms with van der Waals surface area (Å²) in [6, 6.07) is 12.7. The van der Waals surface area contributed by atoms with Gasteiger partial charge in [0.25, 0.3) is 0 Å². The topological polar surface area (TPSA) is 67.8 Å². The van der Waals surface area contributed by atoms with Gasteiger partial charge in [-0.1, -0.05) is 23.8 Å². The van der Waals surface area contributed by atoms with Crippen molar-refractivity contribution in [2.24, 2.45) is 0 Å². The van der Waals surface area contributed by atoms with Crippen LogP contribution in [-0.4, -0.2) is 18.2 Å². The van der Waals surface area contributed by atoms with Gasteiger partial charge in [-0.2, -0.15) is 0 Å². The van der Waals surface area contributed by atoms with Crippen LogP contribution in [0.5, 0.6) is 11.5 Å². The Morgan fingerprint density at radius 2 is 2.09 bits per heavy atom. The van der Waals surface area contributed by atoms with E-state index in [0.717, 1.165) is 11.3 Å². The van der Waals surface area contributed by atoms with Crippen molar-refractivity contribution in [1.82, 2.24) is 0 Å². The number of rotatable bonds is 2. The fourth-order valence-corrected chi connectivity index (χ4v) is 2.50.